The molecule has 2 aromatic heterocycles. The number of nitrogens with two attached hydrogens (primary N) is 1. The van der Waals surface area contributed by atoms with Crippen LogP contribution in [0, 0.1) is 3.57 Å². The maximum atomic E-state index is 5.87. The molecular weight excluding hydrogens is 305 g/mol. The van der Waals surface area contributed by atoms with Gasteiger partial charge >= 0.3 is 0 Å². The van der Waals surface area contributed by atoms with E-state index in [0.717, 1.165) is 15.8 Å². The molecule has 0 amide bonds. The van der Waals surface area contributed by atoms with Crippen molar-refractivity contribution < 1.29 is 0 Å². The van der Waals surface area contributed by atoms with Crippen molar-refractivity contribution in [2.75, 3.05) is 5.73 Å². The lowest BCUT2D eigenvalue weighted by Gasteiger charge is -2.06. The molecule has 0 saturated carbocycles. The fraction of sp³-hybridized carbons (Fsp3) is 0.333. The van der Waals surface area contributed by atoms with Crippen LogP contribution in [0.15, 0.2) is 18.5 Å². The number of aromatic nitrogens is 4. The fourth-order valence-corrected chi connectivity index (χ4v) is 1.83. The number of nitrogens with zero attached hydrogens (tertiary/aromatic N) is 4. The maximum Gasteiger partial charge on any atom is 0.135 e. The summed E-state index contributed by atoms with van der Waals surface area (Å²) in [5.41, 5.74) is 6.99. The fourth-order valence-electron chi connectivity index (χ4n) is 1.43. The first kappa shape index (κ1) is 10.5. The summed E-state index contributed by atoms with van der Waals surface area (Å²) in [6.07, 6.45) is 3.56. The van der Waals surface area contributed by atoms with E-state index in [-0.39, 0.29) is 0 Å². The van der Waals surface area contributed by atoms with E-state index in [2.05, 4.69) is 39.7 Å². The Balaban J connectivity index is 2.25. The van der Waals surface area contributed by atoms with Gasteiger partial charge in [-0.15, -0.1) is 0 Å². The van der Waals surface area contributed by atoms with Crippen LogP contribution in [0.3, 0.4) is 0 Å². The number of hydrogen-bond acceptors (Lipinski definition) is 3. The summed E-state index contributed by atoms with van der Waals surface area (Å²) in [5.74, 6) is 0.708. The van der Waals surface area contributed by atoms with Crippen LogP contribution in [0.1, 0.15) is 12.6 Å². The third-order valence-corrected chi connectivity index (χ3v) is 3.08. The van der Waals surface area contributed by atoms with Crippen LogP contribution in [0.4, 0.5) is 5.82 Å². The van der Waals surface area contributed by atoms with Crippen LogP contribution in [0.5, 0.6) is 0 Å². The number of aryl methyl sites for hydroxylation is 1. The summed E-state index contributed by atoms with van der Waals surface area (Å²) in [7, 11) is 0. The largest absolute Gasteiger partial charge is 0.383 e. The van der Waals surface area contributed by atoms with Gasteiger partial charge in [0.25, 0.3) is 0 Å². The summed E-state index contributed by atoms with van der Waals surface area (Å²) in [4.78, 5) is 0. The quantitative estimate of drug-likeness (QED) is 0.869. The monoisotopic (exact) mass is 317 g/mol. The molecule has 0 saturated heterocycles. The predicted molar refractivity (Wildman–Crippen MR) is 66.4 cm³/mol. The average molecular weight is 317 g/mol. The molecule has 6 heteroatoms. The predicted octanol–water partition coefficient (Wildman–Crippen LogP) is 1.33. The van der Waals surface area contributed by atoms with E-state index in [4.69, 9.17) is 5.73 Å². The molecule has 0 aromatic carbocycles. The highest BCUT2D eigenvalue weighted by Gasteiger charge is 2.07. The maximum absolute atomic E-state index is 5.87. The summed E-state index contributed by atoms with van der Waals surface area (Å²) < 4.78 is 4.70. The molecule has 2 aromatic rings. The Morgan fingerprint density at radius 2 is 2.20 bits per heavy atom. The van der Waals surface area contributed by atoms with E-state index in [9.17, 15) is 0 Å². The zero-order valence-electron chi connectivity index (χ0n) is 8.39. The molecule has 0 atom stereocenters. The third kappa shape index (κ3) is 1.99. The Morgan fingerprint density at radius 1 is 1.40 bits per heavy atom. The van der Waals surface area contributed by atoms with Gasteiger partial charge in [0.15, 0.2) is 0 Å². The summed E-state index contributed by atoms with van der Waals surface area (Å²) in [6, 6.07) is 1.98. The lowest BCUT2D eigenvalue weighted by atomic mass is 10.4. The van der Waals surface area contributed by atoms with E-state index in [1.165, 1.54) is 0 Å². The van der Waals surface area contributed by atoms with E-state index >= 15 is 0 Å². The number of rotatable bonds is 3. The number of anilines is 1. The summed E-state index contributed by atoms with van der Waals surface area (Å²) in [5, 5.41) is 8.41. The Kier molecular flexibility index (Phi) is 2.94. The topological polar surface area (TPSA) is 61.7 Å². The standard InChI is InChI=1S/C9H12IN5/c1-2-14-7(3-4-12-14)6-15-9(11)8(10)5-13-15/h3-5H,2,6,11H2,1H3. The van der Waals surface area contributed by atoms with Crippen molar-refractivity contribution in [1.29, 1.82) is 0 Å². The highest BCUT2D eigenvalue weighted by Crippen LogP contribution is 2.14. The van der Waals surface area contributed by atoms with Gasteiger partial charge in [0.1, 0.15) is 5.82 Å². The van der Waals surface area contributed by atoms with Gasteiger partial charge in [-0.3, -0.25) is 4.68 Å². The van der Waals surface area contributed by atoms with Crippen molar-refractivity contribution in [2.24, 2.45) is 0 Å². The van der Waals surface area contributed by atoms with Gasteiger partial charge in [-0.1, -0.05) is 0 Å². The minimum Gasteiger partial charge on any atom is -0.383 e. The second-order valence-electron chi connectivity index (χ2n) is 3.17. The van der Waals surface area contributed by atoms with Crippen LogP contribution < -0.4 is 5.73 Å². The molecule has 2 heterocycles. The Bertz CT molecular complexity index is 459. The Morgan fingerprint density at radius 3 is 2.80 bits per heavy atom. The molecule has 0 aliphatic heterocycles. The van der Waals surface area contributed by atoms with Crippen molar-refractivity contribution in [3.05, 3.63) is 27.7 Å². The first-order chi connectivity index (χ1) is 7.22. The van der Waals surface area contributed by atoms with Crippen LogP contribution in [-0.4, -0.2) is 19.6 Å². The zero-order valence-corrected chi connectivity index (χ0v) is 10.5. The van der Waals surface area contributed by atoms with Gasteiger partial charge in [0.2, 0.25) is 0 Å². The molecular formula is C9H12IN5. The Labute approximate surface area is 101 Å². The third-order valence-electron chi connectivity index (χ3n) is 2.25. The molecule has 0 fully saturated rings. The minimum atomic E-state index is 0.669. The Hall–Kier alpha value is -1.05. The van der Waals surface area contributed by atoms with E-state index in [1.54, 1.807) is 17.1 Å². The lowest BCUT2D eigenvalue weighted by Crippen LogP contribution is -2.11. The van der Waals surface area contributed by atoms with E-state index < -0.39 is 0 Å². The number of nitrogen functional groups attached to an aromatic ring is 1. The van der Waals surface area contributed by atoms with Crippen molar-refractivity contribution in [1.82, 2.24) is 19.6 Å². The van der Waals surface area contributed by atoms with Gasteiger partial charge in [0.05, 0.1) is 22.0 Å². The lowest BCUT2D eigenvalue weighted by molar-refractivity contribution is 0.581. The van der Waals surface area contributed by atoms with Gasteiger partial charge in [0, 0.05) is 12.7 Å². The second kappa shape index (κ2) is 4.21. The average Bonchev–Trinajstić information content (AvgIpc) is 2.80. The molecule has 0 aliphatic rings. The highest BCUT2D eigenvalue weighted by atomic mass is 127. The molecule has 0 unspecified atom stereocenters. The van der Waals surface area contributed by atoms with Crippen LogP contribution >= 0.6 is 22.6 Å². The minimum absolute atomic E-state index is 0.669. The summed E-state index contributed by atoms with van der Waals surface area (Å²) >= 11 is 2.17. The summed E-state index contributed by atoms with van der Waals surface area (Å²) in [6.45, 7) is 3.59. The molecule has 5 nitrogen and oxygen atoms in total. The van der Waals surface area contributed by atoms with Gasteiger partial charge in [-0.05, 0) is 35.6 Å². The highest BCUT2D eigenvalue weighted by molar-refractivity contribution is 14.1. The molecule has 0 bridgehead atoms. The van der Waals surface area contributed by atoms with Crippen molar-refractivity contribution in [3.63, 3.8) is 0 Å². The SMILES string of the molecule is CCn1nccc1Cn1ncc(I)c1N. The molecule has 0 radical (unpaired) electrons. The van der Waals surface area contributed by atoms with Crippen LogP contribution in [0.2, 0.25) is 0 Å². The van der Waals surface area contributed by atoms with E-state index in [0.29, 0.717) is 12.4 Å². The first-order valence-electron chi connectivity index (χ1n) is 4.70. The van der Waals surface area contributed by atoms with Crippen LogP contribution in [-0.2, 0) is 13.1 Å². The molecule has 80 valence electrons. The van der Waals surface area contributed by atoms with Crippen LogP contribution in [0.25, 0.3) is 0 Å². The van der Waals surface area contributed by atoms with Gasteiger partial charge in [-0.25, -0.2) is 4.68 Å². The second-order valence-corrected chi connectivity index (χ2v) is 4.34. The molecule has 2 N–H and O–H groups in total. The molecule has 2 rings (SSSR count). The smallest absolute Gasteiger partial charge is 0.135 e. The normalized spacial score (nSPS) is 10.8. The van der Waals surface area contributed by atoms with Crippen molar-refractivity contribution in [3.8, 4) is 0 Å². The first-order valence-corrected chi connectivity index (χ1v) is 5.77. The van der Waals surface area contributed by atoms with E-state index in [1.807, 2.05) is 10.7 Å². The number of hydrogen-bond donors (Lipinski definition) is 1. The molecule has 0 aliphatic carbocycles. The molecule has 15 heavy (non-hydrogen) atoms. The van der Waals surface area contributed by atoms with Gasteiger partial charge in [-0.2, -0.15) is 10.2 Å². The molecule has 0 spiro atoms. The zero-order chi connectivity index (χ0) is 10.8. The van der Waals surface area contributed by atoms with Crippen molar-refractivity contribution >= 4 is 28.4 Å². The van der Waals surface area contributed by atoms with Crippen molar-refractivity contribution in [2.45, 2.75) is 20.0 Å². The number of halogens is 1. The van der Waals surface area contributed by atoms with Gasteiger partial charge < -0.3 is 5.73 Å².